The van der Waals surface area contributed by atoms with E-state index in [9.17, 15) is 19.5 Å². The first kappa shape index (κ1) is 15.4. The Morgan fingerprint density at radius 3 is 2.71 bits per heavy atom. The van der Waals surface area contributed by atoms with E-state index in [4.69, 9.17) is 4.74 Å². The Bertz CT molecular complexity index is 754. The van der Waals surface area contributed by atoms with Gasteiger partial charge in [0.15, 0.2) is 0 Å². The number of amides is 1. The molecule has 1 N–H and O–H groups in total. The lowest BCUT2D eigenvalue weighted by Crippen LogP contribution is -2.49. The Morgan fingerprint density at radius 1 is 1.33 bits per heavy atom. The predicted octanol–water partition coefficient (Wildman–Crippen LogP) is -0.0785. The molecule has 0 spiro atoms. The van der Waals surface area contributed by atoms with Crippen LogP contribution < -0.4 is 5.56 Å². The Hall–Kier alpha value is -2.15. The molecule has 1 aliphatic carbocycles. The smallest absolute Gasteiger partial charge is 0.311 e. The molecule has 128 valence electrons. The number of carbonyl (C=O) groups excluding carboxylic acids is 2. The molecule has 4 atom stereocenters. The highest BCUT2D eigenvalue weighted by Crippen LogP contribution is 2.50. The second-order valence-corrected chi connectivity index (χ2v) is 6.83. The number of fused-ring (bicyclic) bond motifs is 4. The van der Waals surface area contributed by atoms with Crippen molar-refractivity contribution in [3.8, 4) is 0 Å². The van der Waals surface area contributed by atoms with Crippen LogP contribution >= 0.6 is 0 Å². The van der Waals surface area contributed by atoms with Crippen molar-refractivity contribution in [1.82, 2.24) is 9.47 Å². The zero-order chi connectivity index (χ0) is 17.0. The van der Waals surface area contributed by atoms with Crippen molar-refractivity contribution in [3.63, 3.8) is 0 Å². The van der Waals surface area contributed by atoms with E-state index < -0.39 is 23.8 Å². The van der Waals surface area contributed by atoms with E-state index in [2.05, 4.69) is 0 Å². The second kappa shape index (κ2) is 5.44. The highest BCUT2D eigenvalue weighted by Gasteiger charge is 2.59. The van der Waals surface area contributed by atoms with Gasteiger partial charge in [-0.1, -0.05) is 6.07 Å². The molecule has 7 heteroatoms. The molecular formula is C17H20N2O5. The molecule has 1 saturated heterocycles. The quantitative estimate of drug-likeness (QED) is 0.782. The summed E-state index contributed by atoms with van der Waals surface area (Å²) < 4.78 is 6.57. The van der Waals surface area contributed by atoms with Crippen LogP contribution in [0.25, 0.3) is 0 Å². The van der Waals surface area contributed by atoms with Gasteiger partial charge in [-0.2, -0.15) is 0 Å². The summed E-state index contributed by atoms with van der Waals surface area (Å²) in [5.74, 6) is -1.49. The molecule has 2 bridgehead atoms. The van der Waals surface area contributed by atoms with E-state index in [0.29, 0.717) is 12.2 Å². The number of esters is 1. The molecule has 1 aromatic heterocycles. The fourth-order valence-electron chi connectivity index (χ4n) is 4.30. The molecule has 4 rings (SSSR count). The lowest BCUT2D eigenvalue weighted by Gasteiger charge is -2.38. The Morgan fingerprint density at radius 2 is 2.08 bits per heavy atom. The minimum Gasteiger partial charge on any atom is -0.469 e. The van der Waals surface area contributed by atoms with Crippen LogP contribution in [-0.2, 0) is 20.9 Å². The number of rotatable bonds is 3. The van der Waals surface area contributed by atoms with Crippen LogP contribution in [0, 0.1) is 17.8 Å². The number of carbonyl (C=O) groups is 2. The zero-order valence-corrected chi connectivity index (χ0v) is 13.4. The molecular weight excluding hydrogens is 312 g/mol. The summed E-state index contributed by atoms with van der Waals surface area (Å²) in [6.07, 6.45) is 1.73. The first-order valence-electron chi connectivity index (χ1n) is 8.29. The minimum absolute atomic E-state index is 0.00715. The number of ether oxygens (including phenoxy) is 1. The highest BCUT2D eigenvalue weighted by molar-refractivity contribution is 5.84. The summed E-state index contributed by atoms with van der Waals surface area (Å²) in [7, 11) is 1.31. The maximum Gasteiger partial charge on any atom is 0.311 e. The number of hydrogen-bond acceptors (Lipinski definition) is 5. The number of aromatic nitrogens is 1. The number of nitrogens with zero attached hydrogens (tertiary/aromatic N) is 2. The molecule has 2 fully saturated rings. The van der Waals surface area contributed by atoms with E-state index in [0.717, 1.165) is 12.8 Å². The van der Waals surface area contributed by atoms with Crippen molar-refractivity contribution in [2.45, 2.75) is 31.5 Å². The van der Waals surface area contributed by atoms with Gasteiger partial charge in [-0.05, 0) is 18.9 Å². The van der Waals surface area contributed by atoms with Gasteiger partial charge in [-0.15, -0.1) is 0 Å². The van der Waals surface area contributed by atoms with E-state index in [1.807, 2.05) is 0 Å². The number of aliphatic hydroxyl groups excluding tert-OH is 1. The van der Waals surface area contributed by atoms with Gasteiger partial charge >= 0.3 is 5.97 Å². The summed E-state index contributed by atoms with van der Waals surface area (Å²) in [6.45, 7) is 0.0841. The SMILES string of the molecule is COC(=O)[C@@H]1[C@@H](CO)[C@@H]2Cn3c(cccc3=O)[C@H]1N2C(=O)C1CC1. The van der Waals surface area contributed by atoms with Gasteiger partial charge in [0.2, 0.25) is 5.91 Å². The number of pyridine rings is 1. The lowest BCUT2D eigenvalue weighted by atomic mass is 9.87. The van der Waals surface area contributed by atoms with Crippen LogP contribution in [0.2, 0.25) is 0 Å². The number of methoxy groups -OCH3 is 1. The highest BCUT2D eigenvalue weighted by atomic mass is 16.5. The zero-order valence-electron chi connectivity index (χ0n) is 13.4. The summed E-state index contributed by atoms with van der Waals surface area (Å²) in [5, 5.41) is 9.90. The molecule has 2 aliphatic heterocycles. The number of hydrogen-bond donors (Lipinski definition) is 1. The van der Waals surface area contributed by atoms with Gasteiger partial charge < -0.3 is 19.3 Å². The molecule has 24 heavy (non-hydrogen) atoms. The van der Waals surface area contributed by atoms with Crippen LogP contribution in [0.5, 0.6) is 0 Å². The summed E-state index contributed by atoms with van der Waals surface area (Å²) in [4.78, 5) is 39.2. The third-order valence-corrected chi connectivity index (χ3v) is 5.57. The van der Waals surface area contributed by atoms with Crippen LogP contribution in [0.1, 0.15) is 24.6 Å². The minimum atomic E-state index is -0.650. The maximum atomic E-state index is 12.8. The molecule has 1 amide bonds. The van der Waals surface area contributed by atoms with E-state index in [1.54, 1.807) is 21.6 Å². The van der Waals surface area contributed by atoms with Crippen molar-refractivity contribution in [3.05, 3.63) is 34.2 Å². The summed E-state index contributed by atoms with van der Waals surface area (Å²) in [6, 6.07) is 4.00. The molecule has 0 unspecified atom stereocenters. The Kier molecular flexibility index (Phi) is 3.49. The molecule has 3 aliphatic rings. The van der Waals surface area contributed by atoms with E-state index >= 15 is 0 Å². The molecule has 0 aromatic carbocycles. The largest absolute Gasteiger partial charge is 0.469 e. The standard InChI is InChI=1S/C17H20N2O5/c1-24-17(23)14-10(8-20)12-7-18-11(3-2-4-13(18)21)15(14)19(12)16(22)9-5-6-9/h2-4,9-10,12,14-15,20H,5-8H2,1H3/t10-,12-,14+,15+/m0/s1. The fourth-order valence-corrected chi connectivity index (χ4v) is 4.30. The molecule has 3 heterocycles. The Labute approximate surface area is 138 Å². The molecule has 1 aromatic rings. The number of aliphatic hydroxyl groups is 1. The lowest BCUT2D eigenvalue weighted by molar-refractivity contribution is -0.148. The first-order chi connectivity index (χ1) is 11.6. The second-order valence-electron chi connectivity index (χ2n) is 6.83. The first-order valence-corrected chi connectivity index (χ1v) is 8.29. The predicted molar refractivity (Wildman–Crippen MR) is 82.9 cm³/mol. The van der Waals surface area contributed by atoms with E-state index in [1.165, 1.54) is 13.2 Å². The fraction of sp³-hybridized carbons (Fsp3) is 0.588. The maximum absolute atomic E-state index is 12.8. The Balaban J connectivity index is 1.87. The van der Waals surface area contributed by atoms with Gasteiger partial charge in [-0.3, -0.25) is 14.4 Å². The van der Waals surface area contributed by atoms with Gasteiger partial charge in [0.1, 0.15) is 0 Å². The van der Waals surface area contributed by atoms with Crippen molar-refractivity contribution in [2.24, 2.45) is 17.8 Å². The van der Waals surface area contributed by atoms with Crippen molar-refractivity contribution < 1.29 is 19.4 Å². The summed E-state index contributed by atoms with van der Waals surface area (Å²) >= 11 is 0. The third-order valence-electron chi connectivity index (χ3n) is 5.57. The van der Waals surface area contributed by atoms with Crippen molar-refractivity contribution >= 4 is 11.9 Å². The molecule has 7 nitrogen and oxygen atoms in total. The third kappa shape index (κ3) is 2.04. The van der Waals surface area contributed by atoms with Gasteiger partial charge in [-0.25, -0.2) is 0 Å². The van der Waals surface area contributed by atoms with Gasteiger partial charge in [0.05, 0.1) is 25.1 Å². The van der Waals surface area contributed by atoms with Crippen LogP contribution in [-0.4, -0.2) is 46.2 Å². The van der Waals surface area contributed by atoms with Gasteiger partial charge in [0, 0.05) is 36.7 Å². The van der Waals surface area contributed by atoms with Crippen LogP contribution in [0.4, 0.5) is 0 Å². The molecule has 0 radical (unpaired) electrons. The van der Waals surface area contributed by atoms with Crippen LogP contribution in [0.3, 0.4) is 0 Å². The normalized spacial score (nSPS) is 30.8. The summed E-state index contributed by atoms with van der Waals surface area (Å²) in [5.41, 5.74) is 0.502. The average Bonchev–Trinajstić information content (AvgIpc) is 3.39. The van der Waals surface area contributed by atoms with Crippen molar-refractivity contribution in [1.29, 1.82) is 0 Å². The topological polar surface area (TPSA) is 88.8 Å². The monoisotopic (exact) mass is 332 g/mol. The average molecular weight is 332 g/mol. The van der Waals surface area contributed by atoms with Crippen LogP contribution in [0.15, 0.2) is 23.0 Å². The van der Waals surface area contributed by atoms with Gasteiger partial charge in [0.25, 0.3) is 5.56 Å². The molecule has 1 saturated carbocycles. The van der Waals surface area contributed by atoms with E-state index in [-0.39, 0.29) is 30.0 Å². The van der Waals surface area contributed by atoms with Crippen molar-refractivity contribution in [2.75, 3.05) is 13.7 Å².